The van der Waals surface area contributed by atoms with Crippen LogP contribution in [-0.2, 0) is 20.7 Å². The standard InChI is InChI=1S/C31H43N3O6/c1-5-6-9-22-11-13-23(14-12-22)24-15-17-25(18-16-24)28(37)34-26(29(38)32-21-19-27(35)36)10-7-8-20-33-30(39)40-31(2,3)4/h11-18,26H,5-10,19-21H2,1-4H3,(H,32,38)(H,33,39)(H,34,37)(H,35,36)/t26-/m0/s1. The largest absolute Gasteiger partial charge is 0.481 e. The first-order valence-corrected chi connectivity index (χ1v) is 13.9. The zero-order chi connectivity index (χ0) is 29.5. The van der Waals surface area contributed by atoms with E-state index in [0.717, 1.165) is 30.4 Å². The fourth-order valence-corrected chi connectivity index (χ4v) is 3.96. The van der Waals surface area contributed by atoms with Crippen LogP contribution in [0.2, 0.25) is 0 Å². The van der Waals surface area contributed by atoms with Gasteiger partial charge in [-0.3, -0.25) is 14.4 Å². The van der Waals surface area contributed by atoms with Crippen LogP contribution in [0.5, 0.6) is 0 Å². The highest BCUT2D eigenvalue weighted by atomic mass is 16.6. The maximum atomic E-state index is 13.0. The SMILES string of the molecule is CCCCc1ccc(-c2ccc(C(=O)N[C@@H](CCCCNC(=O)OC(C)(C)C)C(=O)NCCC(=O)O)cc2)cc1. The molecule has 0 saturated heterocycles. The summed E-state index contributed by atoms with van der Waals surface area (Å²) in [6.07, 6.45) is 4.07. The fourth-order valence-electron chi connectivity index (χ4n) is 3.96. The van der Waals surface area contributed by atoms with Crippen LogP contribution in [0.25, 0.3) is 11.1 Å². The number of aliphatic carboxylic acids is 1. The van der Waals surface area contributed by atoms with E-state index in [2.05, 4.69) is 47.1 Å². The molecule has 0 aromatic heterocycles. The van der Waals surface area contributed by atoms with E-state index in [4.69, 9.17) is 9.84 Å². The van der Waals surface area contributed by atoms with Crippen molar-refractivity contribution in [3.8, 4) is 11.1 Å². The van der Waals surface area contributed by atoms with Crippen LogP contribution in [0.1, 0.15) is 82.1 Å². The molecular weight excluding hydrogens is 510 g/mol. The lowest BCUT2D eigenvalue weighted by Gasteiger charge is -2.20. The van der Waals surface area contributed by atoms with Crippen LogP contribution in [-0.4, -0.2) is 53.7 Å². The van der Waals surface area contributed by atoms with Crippen molar-refractivity contribution in [3.63, 3.8) is 0 Å². The van der Waals surface area contributed by atoms with Gasteiger partial charge in [0.15, 0.2) is 0 Å². The topological polar surface area (TPSA) is 134 Å². The molecule has 0 unspecified atom stereocenters. The van der Waals surface area contributed by atoms with Crippen LogP contribution in [0.4, 0.5) is 4.79 Å². The third kappa shape index (κ3) is 12.3. The number of ether oxygens (including phenoxy) is 1. The average Bonchev–Trinajstić information content (AvgIpc) is 2.90. The minimum atomic E-state index is -1.02. The molecular formula is C31H43N3O6. The molecule has 0 aliphatic heterocycles. The molecule has 0 saturated carbocycles. The summed E-state index contributed by atoms with van der Waals surface area (Å²) < 4.78 is 5.21. The van der Waals surface area contributed by atoms with Crippen molar-refractivity contribution in [1.29, 1.82) is 0 Å². The number of hydrogen-bond acceptors (Lipinski definition) is 5. The van der Waals surface area contributed by atoms with E-state index in [1.165, 1.54) is 5.56 Å². The predicted molar refractivity (Wildman–Crippen MR) is 155 cm³/mol. The Hall–Kier alpha value is -3.88. The summed E-state index contributed by atoms with van der Waals surface area (Å²) >= 11 is 0. The maximum absolute atomic E-state index is 13.0. The van der Waals surface area contributed by atoms with Gasteiger partial charge in [-0.2, -0.15) is 0 Å². The van der Waals surface area contributed by atoms with Crippen molar-refractivity contribution >= 4 is 23.9 Å². The number of alkyl carbamates (subject to hydrolysis) is 1. The van der Waals surface area contributed by atoms with Gasteiger partial charge in [0.25, 0.3) is 5.91 Å². The molecule has 2 aromatic carbocycles. The average molecular weight is 554 g/mol. The Morgan fingerprint density at radius 2 is 1.48 bits per heavy atom. The number of nitrogens with one attached hydrogen (secondary N) is 3. The van der Waals surface area contributed by atoms with E-state index >= 15 is 0 Å². The molecule has 1 atom stereocenters. The van der Waals surface area contributed by atoms with Crippen LogP contribution >= 0.6 is 0 Å². The summed E-state index contributed by atoms with van der Waals surface area (Å²) in [7, 11) is 0. The van der Waals surface area contributed by atoms with E-state index in [9.17, 15) is 19.2 Å². The van der Waals surface area contributed by atoms with Gasteiger partial charge in [-0.1, -0.05) is 49.7 Å². The molecule has 3 amide bonds. The van der Waals surface area contributed by atoms with Gasteiger partial charge in [0.2, 0.25) is 5.91 Å². The molecule has 2 rings (SSSR count). The van der Waals surface area contributed by atoms with Crippen molar-refractivity contribution < 1.29 is 29.0 Å². The van der Waals surface area contributed by atoms with Crippen LogP contribution in [0.3, 0.4) is 0 Å². The van der Waals surface area contributed by atoms with Gasteiger partial charge in [-0.05, 0) is 81.7 Å². The monoisotopic (exact) mass is 553 g/mol. The first-order chi connectivity index (χ1) is 19.0. The highest BCUT2D eigenvalue weighted by Gasteiger charge is 2.21. The minimum absolute atomic E-state index is 0.0351. The third-order valence-corrected chi connectivity index (χ3v) is 6.10. The zero-order valence-electron chi connectivity index (χ0n) is 24.0. The number of carbonyl (C=O) groups excluding carboxylic acids is 3. The number of amides is 3. The molecule has 2 aromatic rings. The number of carboxylic acid groups (broad SMARTS) is 1. The molecule has 0 heterocycles. The quantitative estimate of drug-likeness (QED) is 0.227. The van der Waals surface area contributed by atoms with Crippen molar-refractivity contribution in [2.24, 2.45) is 0 Å². The molecule has 0 bridgehead atoms. The van der Waals surface area contributed by atoms with Crippen LogP contribution < -0.4 is 16.0 Å². The summed E-state index contributed by atoms with van der Waals surface area (Å²) in [5, 5.41) is 16.9. The summed E-state index contributed by atoms with van der Waals surface area (Å²) in [6.45, 7) is 7.84. The number of hydrogen-bond donors (Lipinski definition) is 4. The Kier molecular flexibility index (Phi) is 13.2. The Morgan fingerprint density at radius 1 is 0.850 bits per heavy atom. The molecule has 0 fully saturated rings. The van der Waals surface area contributed by atoms with Crippen molar-refractivity contribution in [1.82, 2.24) is 16.0 Å². The number of unbranched alkanes of at least 4 members (excludes halogenated alkanes) is 2. The molecule has 0 spiro atoms. The molecule has 9 heteroatoms. The minimum Gasteiger partial charge on any atom is -0.481 e. The fraction of sp³-hybridized carbons (Fsp3) is 0.484. The van der Waals surface area contributed by atoms with E-state index in [1.54, 1.807) is 32.9 Å². The second kappa shape index (κ2) is 16.3. The van der Waals surface area contributed by atoms with Crippen molar-refractivity contribution in [2.75, 3.05) is 13.1 Å². The lowest BCUT2D eigenvalue weighted by atomic mass is 10.0. The summed E-state index contributed by atoms with van der Waals surface area (Å²) in [6, 6.07) is 14.8. The predicted octanol–water partition coefficient (Wildman–Crippen LogP) is 5.08. The Bertz CT molecular complexity index is 1110. The van der Waals surface area contributed by atoms with E-state index in [1.807, 2.05) is 12.1 Å². The molecule has 0 radical (unpaired) electrons. The van der Waals surface area contributed by atoms with Gasteiger partial charge in [0, 0.05) is 18.7 Å². The molecule has 40 heavy (non-hydrogen) atoms. The van der Waals surface area contributed by atoms with Gasteiger partial charge >= 0.3 is 12.1 Å². The number of benzene rings is 2. The molecule has 0 aliphatic carbocycles. The molecule has 0 aliphatic rings. The van der Waals surface area contributed by atoms with E-state index in [0.29, 0.717) is 31.4 Å². The third-order valence-electron chi connectivity index (χ3n) is 6.10. The molecule has 218 valence electrons. The van der Waals surface area contributed by atoms with Gasteiger partial charge in [0.1, 0.15) is 11.6 Å². The number of carboxylic acids is 1. The normalized spacial score (nSPS) is 11.8. The smallest absolute Gasteiger partial charge is 0.407 e. The van der Waals surface area contributed by atoms with E-state index in [-0.39, 0.29) is 13.0 Å². The van der Waals surface area contributed by atoms with Crippen molar-refractivity contribution in [2.45, 2.75) is 84.3 Å². The van der Waals surface area contributed by atoms with E-state index < -0.39 is 35.5 Å². The second-order valence-electron chi connectivity index (χ2n) is 10.8. The first-order valence-electron chi connectivity index (χ1n) is 13.9. The number of carbonyl (C=O) groups is 4. The molecule has 4 N–H and O–H groups in total. The number of rotatable bonds is 15. The molecule has 9 nitrogen and oxygen atoms in total. The van der Waals surface area contributed by atoms with Gasteiger partial charge < -0.3 is 25.8 Å². The summed E-state index contributed by atoms with van der Waals surface area (Å²) in [4.78, 5) is 48.4. The van der Waals surface area contributed by atoms with Crippen LogP contribution in [0, 0.1) is 0 Å². The highest BCUT2D eigenvalue weighted by molar-refractivity contribution is 5.98. The highest BCUT2D eigenvalue weighted by Crippen LogP contribution is 2.21. The van der Waals surface area contributed by atoms with Gasteiger partial charge in [-0.15, -0.1) is 0 Å². The Labute approximate surface area is 237 Å². The summed E-state index contributed by atoms with van der Waals surface area (Å²) in [5.41, 5.74) is 3.17. The first kappa shape index (κ1) is 32.3. The van der Waals surface area contributed by atoms with Crippen LogP contribution in [0.15, 0.2) is 48.5 Å². The Morgan fingerprint density at radius 3 is 2.05 bits per heavy atom. The maximum Gasteiger partial charge on any atom is 0.407 e. The second-order valence-corrected chi connectivity index (χ2v) is 10.8. The van der Waals surface area contributed by atoms with Crippen molar-refractivity contribution in [3.05, 3.63) is 59.7 Å². The van der Waals surface area contributed by atoms with Gasteiger partial charge in [0.05, 0.1) is 6.42 Å². The number of aryl methyl sites for hydroxylation is 1. The Balaban J connectivity index is 1.96. The summed E-state index contributed by atoms with van der Waals surface area (Å²) in [5.74, 6) is -1.87. The lowest BCUT2D eigenvalue weighted by Crippen LogP contribution is -2.47. The van der Waals surface area contributed by atoms with Gasteiger partial charge in [-0.25, -0.2) is 4.79 Å². The zero-order valence-corrected chi connectivity index (χ0v) is 24.0. The lowest BCUT2D eigenvalue weighted by molar-refractivity contribution is -0.137.